The van der Waals surface area contributed by atoms with Gasteiger partial charge in [-0.3, -0.25) is 4.40 Å². The van der Waals surface area contributed by atoms with Crippen LogP contribution in [-0.2, 0) is 6.54 Å². The van der Waals surface area contributed by atoms with Crippen LogP contribution in [0, 0.1) is 0 Å². The number of hydrogen-bond acceptors (Lipinski definition) is 5. The quantitative estimate of drug-likeness (QED) is 0.774. The van der Waals surface area contributed by atoms with E-state index in [0.29, 0.717) is 6.54 Å². The van der Waals surface area contributed by atoms with Gasteiger partial charge in [0.1, 0.15) is 5.03 Å². The first-order valence-corrected chi connectivity index (χ1v) is 6.32. The number of rotatable bonds is 3. The van der Waals surface area contributed by atoms with Crippen LogP contribution in [0.5, 0.6) is 0 Å². The molecule has 90 valence electrons. The molecule has 0 bridgehead atoms. The summed E-state index contributed by atoms with van der Waals surface area (Å²) in [6, 6.07) is 11.6. The minimum atomic E-state index is 0.439. The van der Waals surface area contributed by atoms with Crippen LogP contribution in [0.15, 0.2) is 52.8 Å². The van der Waals surface area contributed by atoms with Crippen LogP contribution >= 0.6 is 11.8 Å². The lowest BCUT2D eigenvalue weighted by atomic mass is 10.4. The maximum atomic E-state index is 5.58. The van der Waals surface area contributed by atoms with E-state index in [9.17, 15) is 0 Å². The molecule has 0 saturated heterocycles. The minimum Gasteiger partial charge on any atom is -0.325 e. The van der Waals surface area contributed by atoms with Crippen molar-refractivity contribution in [1.82, 2.24) is 19.6 Å². The zero-order valence-electron chi connectivity index (χ0n) is 9.52. The lowest BCUT2D eigenvalue weighted by Gasteiger charge is -2.01. The predicted octanol–water partition coefficient (Wildman–Crippen LogP) is 1.73. The summed E-state index contributed by atoms with van der Waals surface area (Å²) >= 11 is 1.48. The third kappa shape index (κ3) is 2.07. The standard InChI is InChI=1S/C12H11N5S/c13-8-9-4-3-6-11(14-9)18-12-16-15-10-5-1-2-7-17(10)12/h1-7H,8,13H2. The van der Waals surface area contributed by atoms with Crippen molar-refractivity contribution < 1.29 is 0 Å². The number of aromatic nitrogens is 4. The number of fused-ring (bicyclic) bond motifs is 1. The van der Waals surface area contributed by atoms with Gasteiger partial charge in [-0.2, -0.15) is 0 Å². The van der Waals surface area contributed by atoms with Crippen molar-refractivity contribution in [3.63, 3.8) is 0 Å². The maximum absolute atomic E-state index is 5.58. The Kier molecular flexibility index (Phi) is 2.95. The third-order valence-corrected chi connectivity index (χ3v) is 3.37. The van der Waals surface area contributed by atoms with Gasteiger partial charge in [-0.15, -0.1) is 10.2 Å². The van der Waals surface area contributed by atoms with Crippen molar-refractivity contribution in [2.24, 2.45) is 5.73 Å². The van der Waals surface area contributed by atoms with E-state index in [1.165, 1.54) is 11.8 Å². The van der Waals surface area contributed by atoms with E-state index in [2.05, 4.69) is 15.2 Å². The van der Waals surface area contributed by atoms with Crippen LogP contribution in [0.1, 0.15) is 5.69 Å². The Morgan fingerprint density at radius 2 is 2.06 bits per heavy atom. The lowest BCUT2D eigenvalue weighted by molar-refractivity contribution is 0.905. The van der Waals surface area contributed by atoms with Crippen LogP contribution in [-0.4, -0.2) is 19.6 Å². The molecule has 3 aromatic rings. The molecule has 3 rings (SSSR count). The van der Waals surface area contributed by atoms with E-state index in [0.717, 1.165) is 21.5 Å². The van der Waals surface area contributed by atoms with Crippen molar-refractivity contribution in [1.29, 1.82) is 0 Å². The second kappa shape index (κ2) is 4.75. The van der Waals surface area contributed by atoms with Crippen molar-refractivity contribution in [3.05, 3.63) is 48.3 Å². The van der Waals surface area contributed by atoms with Gasteiger partial charge in [-0.05, 0) is 36.0 Å². The molecule has 0 aliphatic rings. The Morgan fingerprint density at radius 1 is 1.11 bits per heavy atom. The summed E-state index contributed by atoms with van der Waals surface area (Å²) in [6.45, 7) is 0.439. The predicted molar refractivity (Wildman–Crippen MR) is 69.2 cm³/mol. The van der Waals surface area contributed by atoms with Gasteiger partial charge in [-0.25, -0.2) is 4.98 Å². The molecule has 0 aliphatic carbocycles. The second-order valence-corrected chi connectivity index (χ2v) is 4.67. The highest BCUT2D eigenvalue weighted by Crippen LogP contribution is 2.24. The smallest absolute Gasteiger partial charge is 0.201 e. The van der Waals surface area contributed by atoms with Crippen LogP contribution < -0.4 is 5.73 Å². The number of pyridine rings is 2. The lowest BCUT2D eigenvalue weighted by Crippen LogP contribution is -1.99. The average Bonchev–Trinajstić information content (AvgIpc) is 2.83. The summed E-state index contributed by atoms with van der Waals surface area (Å²) < 4.78 is 1.93. The molecule has 0 aliphatic heterocycles. The van der Waals surface area contributed by atoms with Gasteiger partial charge in [0.25, 0.3) is 0 Å². The zero-order chi connectivity index (χ0) is 12.4. The van der Waals surface area contributed by atoms with E-state index in [1.807, 2.05) is 47.0 Å². The van der Waals surface area contributed by atoms with Crippen LogP contribution in [0.4, 0.5) is 0 Å². The molecule has 0 saturated carbocycles. The van der Waals surface area contributed by atoms with E-state index in [-0.39, 0.29) is 0 Å². The molecule has 0 unspecified atom stereocenters. The summed E-state index contributed by atoms with van der Waals surface area (Å²) in [5.74, 6) is 0. The first-order valence-electron chi connectivity index (χ1n) is 5.50. The summed E-state index contributed by atoms with van der Waals surface area (Å²) in [5, 5.41) is 9.92. The van der Waals surface area contributed by atoms with Crippen molar-refractivity contribution in [2.45, 2.75) is 16.7 Å². The molecular formula is C12H11N5S. The van der Waals surface area contributed by atoms with Crippen molar-refractivity contribution in [2.75, 3.05) is 0 Å². The highest BCUT2D eigenvalue weighted by atomic mass is 32.2. The van der Waals surface area contributed by atoms with Gasteiger partial charge in [-0.1, -0.05) is 12.1 Å². The Hall–Kier alpha value is -1.92. The summed E-state index contributed by atoms with van der Waals surface area (Å²) in [7, 11) is 0. The highest BCUT2D eigenvalue weighted by Gasteiger charge is 2.07. The number of hydrogen-bond donors (Lipinski definition) is 1. The topological polar surface area (TPSA) is 69.1 Å². The number of nitrogens with two attached hydrogens (primary N) is 1. The molecule has 0 spiro atoms. The Balaban J connectivity index is 1.96. The molecule has 0 amide bonds. The van der Waals surface area contributed by atoms with Crippen molar-refractivity contribution in [3.8, 4) is 0 Å². The molecule has 3 heterocycles. The Bertz CT molecular complexity index is 679. The SMILES string of the molecule is NCc1cccc(Sc2nnc3ccccn23)n1. The Labute approximate surface area is 108 Å². The maximum Gasteiger partial charge on any atom is 0.201 e. The zero-order valence-corrected chi connectivity index (χ0v) is 10.3. The molecular weight excluding hydrogens is 246 g/mol. The summed E-state index contributed by atoms with van der Waals surface area (Å²) in [5.41, 5.74) is 7.28. The van der Waals surface area contributed by atoms with Crippen LogP contribution in [0.2, 0.25) is 0 Å². The largest absolute Gasteiger partial charge is 0.325 e. The summed E-state index contributed by atoms with van der Waals surface area (Å²) in [4.78, 5) is 4.43. The molecule has 0 radical (unpaired) electrons. The van der Waals surface area contributed by atoms with E-state index >= 15 is 0 Å². The normalized spacial score (nSPS) is 10.9. The van der Waals surface area contributed by atoms with Gasteiger partial charge < -0.3 is 5.73 Å². The molecule has 5 nitrogen and oxygen atoms in total. The summed E-state index contributed by atoms with van der Waals surface area (Å²) in [6.07, 6.45) is 1.93. The van der Waals surface area contributed by atoms with E-state index in [4.69, 9.17) is 5.73 Å². The molecule has 2 N–H and O–H groups in total. The first-order chi connectivity index (χ1) is 8.86. The molecule has 0 atom stereocenters. The number of nitrogens with zero attached hydrogens (tertiary/aromatic N) is 4. The first kappa shape index (κ1) is 11.2. The van der Waals surface area contributed by atoms with Gasteiger partial charge in [0.15, 0.2) is 5.65 Å². The van der Waals surface area contributed by atoms with Gasteiger partial charge in [0.2, 0.25) is 5.16 Å². The monoisotopic (exact) mass is 257 g/mol. The fraction of sp³-hybridized carbons (Fsp3) is 0.0833. The van der Waals surface area contributed by atoms with Crippen LogP contribution in [0.25, 0.3) is 5.65 Å². The Morgan fingerprint density at radius 3 is 2.94 bits per heavy atom. The van der Waals surface area contributed by atoms with Gasteiger partial charge in [0.05, 0.1) is 5.69 Å². The fourth-order valence-corrected chi connectivity index (χ4v) is 2.44. The highest BCUT2D eigenvalue weighted by molar-refractivity contribution is 7.99. The average molecular weight is 257 g/mol. The third-order valence-electron chi connectivity index (χ3n) is 2.47. The molecule has 0 fully saturated rings. The van der Waals surface area contributed by atoms with Gasteiger partial charge >= 0.3 is 0 Å². The molecule has 18 heavy (non-hydrogen) atoms. The van der Waals surface area contributed by atoms with Gasteiger partial charge in [0, 0.05) is 12.7 Å². The van der Waals surface area contributed by atoms with Crippen molar-refractivity contribution >= 4 is 17.4 Å². The molecule has 0 aromatic carbocycles. The van der Waals surface area contributed by atoms with Crippen LogP contribution in [0.3, 0.4) is 0 Å². The second-order valence-electron chi connectivity index (χ2n) is 3.68. The van der Waals surface area contributed by atoms with E-state index in [1.54, 1.807) is 0 Å². The van der Waals surface area contributed by atoms with E-state index < -0.39 is 0 Å². The minimum absolute atomic E-state index is 0.439. The fourth-order valence-electron chi connectivity index (χ4n) is 1.61. The molecule has 6 heteroatoms. The molecule has 3 aromatic heterocycles.